The molecule has 1 aromatic rings. The van der Waals surface area contributed by atoms with Gasteiger partial charge >= 0.3 is 0 Å². The maximum absolute atomic E-state index is 11.5. The first-order chi connectivity index (χ1) is 8.66. The van der Waals surface area contributed by atoms with Crippen molar-refractivity contribution in [3.05, 3.63) is 24.3 Å². The van der Waals surface area contributed by atoms with E-state index in [2.05, 4.69) is 5.32 Å². The fraction of sp³-hybridized carbons (Fsp3) is 0.462. The van der Waals surface area contributed by atoms with Gasteiger partial charge in [0.15, 0.2) is 6.61 Å². The molecule has 0 radical (unpaired) electrons. The Hall–Kier alpha value is -1.75. The van der Waals surface area contributed by atoms with E-state index in [1.165, 1.54) is 0 Å². The predicted molar refractivity (Wildman–Crippen MR) is 68.1 cm³/mol. The van der Waals surface area contributed by atoms with Gasteiger partial charge in [0, 0.05) is 6.54 Å². The monoisotopic (exact) mass is 250 g/mol. The predicted octanol–water partition coefficient (Wildman–Crippen LogP) is 0.535. The van der Waals surface area contributed by atoms with E-state index in [9.17, 15) is 9.90 Å². The number of carbonyl (C=O) groups excluding carboxylic acids is 1. The minimum Gasteiger partial charge on any atom is -0.482 e. The van der Waals surface area contributed by atoms with E-state index in [1.54, 1.807) is 24.3 Å². The molecule has 0 aromatic heterocycles. The number of rotatable bonds is 6. The molecule has 0 aliphatic heterocycles. The van der Waals surface area contributed by atoms with Crippen molar-refractivity contribution >= 4 is 11.6 Å². The second kappa shape index (κ2) is 5.73. The molecular weight excluding hydrogens is 232 g/mol. The molecule has 1 saturated carbocycles. The van der Waals surface area contributed by atoms with Crippen molar-refractivity contribution in [3.8, 4) is 5.75 Å². The average Bonchev–Trinajstić information content (AvgIpc) is 3.19. The highest BCUT2D eigenvalue weighted by Crippen LogP contribution is 2.32. The molecular formula is C13H18N2O3. The summed E-state index contributed by atoms with van der Waals surface area (Å²) < 4.78 is 5.29. The molecule has 0 saturated heterocycles. The maximum Gasteiger partial charge on any atom is 0.258 e. The van der Waals surface area contributed by atoms with Gasteiger partial charge in [0.1, 0.15) is 5.75 Å². The lowest BCUT2D eigenvalue weighted by molar-refractivity contribution is -0.123. The van der Waals surface area contributed by atoms with Gasteiger partial charge in [-0.15, -0.1) is 0 Å². The quantitative estimate of drug-likeness (QED) is 0.643. The van der Waals surface area contributed by atoms with Gasteiger partial charge in [-0.05, 0) is 30.9 Å². The highest BCUT2D eigenvalue weighted by molar-refractivity contribution is 5.77. The topological polar surface area (TPSA) is 84.6 Å². The van der Waals surface area contributed by atoms with Gasteiger partial charge in [0.25, 0.3) is 5.91 Å². The third-order valence-electron chi connectivity index (χ3n) is 2.95. The molecule has 1 aromatic carbocycles. The van der Waals surface area contributed by atoms with Crippen molar-refractivity contribution < 1.29 is 14.6 Å². The highest BCUT2D eigenvalue weighted by Gasteiger charge is 2.29. The number of aliphatic hydroxyl groups is 1. The van der Waals surface area contributed by atoms with Crippen LogP contribution in [0.1, 0.15) is 12.8 Å². The van der Waals surface area contributed by atoms with Crippen LogP contribution in [-0.4, -0.2) is 30.3 Å². The van der Waals surface area contributed by atoms with Gasteiger partial charge in [0.05, 0.1) is 11.8 Å². The van der Waals surface area contributed by atoms with Gasteiger partial charge in [-0.1, -0.05) is 12.1 Å². The van der Waals surface area contributed by atoms with Gasteiger partial charge < -0.3 is 20.9 Å². The number of hydrogen-bond acceptors (Lipinski definition) is 4. The highest BCUT2D eigenvalue weighted by atomic mass is 16.5. The number of nitrogens with two attached hydrogens (primary N) is 1. The van der Waals surface area contributed by atoms with Crippen molar-refractivity contribution in [3.63, 3.8) is 0 Å². The van der Waals surface area contributed by atoms with Gasteiger partial charge in [-0.2, -0.15) is 0 Å². The second-order valence-corrected chi connectivity index (χ2v) is 4.54. The Bertz CT molecular complexity index is 418. The molecule has 5 heteroatoms. The van der Waals surface area contributed by atoms with Crippen LogP contribution >= 0.6 is 0 Å². The molecule has 0 heterocycles. The lowest BCUT2D eigenvalue weighted by atomic mass is 10.2. The summed E-state index contributed by atoms with van der Waals surface area (Å²) >= 11 is 0. The summed E-state index contributed by atoms with van der Waals surface area (Å²) in [6.45, 7) is 0.197. The van der Waals surface area contributed by atoms with Crippen LogP contribution in [0.2, 0.25) is 0 Å². The molecule has 18 heavy (non-hydrogen) atoms. The van der Waals surface area contributed by atoms with E-state index in [0.29, 0.717) is 17.4 Å². The largest absolute Gasteiger partial charge is 0.482 e. The molecule has 1 aliphatic carbocycles. The van der Waals surface area contributed by atoms with Crippen molar-refractivity contribution in [2.45, 2.75) is 18.9 Å². The van der Waals surface area contributed by atoms with Crippen LogP contribution in [0.3, 0.4) is 0 Å². The van der Waals surface area contributed by atoms with Crippen molar-refractivity contribution in [1.29, 1.82) is 0 Å². The zero-order chi connectivity index (χ0) is 13.0. The Labute approximate surface area is 106 Å². The molecule has 2 rings (SSSR count). The number of para-hydroxylation sites is 2. The van der Waals surface area contributed by atoms with E-state index < -0.39 is 6.10 Å². The van der Waals surface area contributed by atoms with Crippen molar-refractivity contribution in [1.82, 2.24) is 5.32 Å². The minimum atomic E-state index is -0.434. The van der Waals surface area contributed by atoms with E-state index >= 15 is 0 Å². The molecule has 4 N–H and O–H groups in total. The minimum absolute atomic E-state index is 0.0917. The molecule has 1 amide bonds. The number of ether oxygens (including phenoxy) is 1. The Morgan fingerprint density at radius 1 is 1.50 bits per heavy atom. The summed E-state index contributed by atoms with van der Waals surface area (Å²) in [6.07, 6.45) is 1.66. The number of amides is 1. The first-order valence-electron chi connectivity index (χ1n) is 6.09. The van der Waals surface area contributed by atoms with E-state index in [4.69, 9.17) is 10.5 Å². The Balaban J connectivity index is 1.69. The number of benzene rings is 1. The molecule has 0 bridgehead atoms. The van der Waals surface area contributed by atoms with Gasteiger partial charge in [0.2, 0.25) is 0 Å². The zero-order valence-corrected chi connectivity index (χ0v) is 10.1. The van der Waals surface area contributed by atoms with Crippen molar-refractivity contribution in [2.24, 2.45) is 5.92 Å². The normalized spacial score (nSPS) is 16.1. The first-order valence-corrected chi connectivity index (χ1v) is 6.09. The van der Waals surface area contributed by atoms with Gasteiger partial charge in [-0.25, -0.2) is 0 Å². The molecule has 1 unspecified atom stereocenters. The molecule has 5 nitrogen and oxygen atoms in total. The number of nitrogens with one attached hydrogen (secondary N) is 1. The number of carbonyl (C=O) groups is 1. The van der Waals surface area contributed by atoms with Crippen LogP contribution in [0.25, 0.3) is 0 Å². The van der Waals surface area contributed by atoms with Crippen molar-refractivity contribution in [2.75, 3.05) is 18.9 Å². The summed E-state index contributed by atoms with van der Waals surface area (Å²) in [4.78, 5) is 11.5. The standard InChI is InChI=1S/C13H18N2O3/c14-10-3-1-2-4-12(10)18-8-13(17)15-7-11(16)9-5-6-9/h1-4,9,11,16H,5-8,14H2,(H,15,17). The summed E-state index contributed by atoms with van der Waals surface area (Å²) in [5.41, 5.74) is 6.18. The lowest BCUT2D eigenvalue weighted by Crippen LogP contribution is -2.36. The van der Waals surface area contributed by atoms with E-state index in [0.717, 1.165) is 12.8 Å². The molecule has 1 aliphatic rings. The Kier molecular flexibility index (Phi) is 4.04. The fourth-order valence-electron chi connectivity index (χ4n) is 1.67. The number of hydrogen-bond donors (Lipinski definition) is 3. The van der Waals surface area contributed by atoms with Crippen LogP contribution in [0.15, 0.2) is 24.3 Å². The SMILES string of the molecule is Nc1ccccc1OCC(=O)NCC(O)C1CC1. The summed E-state index contributed by atoms with van der Waals surface area (Å²) in [6, 6.07) is 7.01. The van der Waals surface area contributed by atoms with Crippen LogP contribution in [-0.2, 0) is 4.79 Å². The third-order valence-corrected chi connectivity index (χ3v) is 2.95. The summed E-state index contributed by atoms with van der Waals surface area (Å²) in [7, 11) is 0. The summed E-state index contributed by atoms with van der Waals surface area (Å²) in [5.74, 6) is 0.601. The smallest absolute Gasteiger partial charge is 0.258 e. The zero-order valence-electron chi connectivity index (χ0n) is 10.1. The van der Waals surface area contributed by atoms with Crippen LogP contribution in [0, 0.1) is 5.92 Å². The lowest BCUT2D eigenvalue weighted by Gasteiger charge is -2.12. The fourth-order valence-corrected chi connectivity index (χ4v) is 1.67. The Morgan fingerprint density at radius 2 is 2.22 bits per heavy atom. The number of aliphatic hydroxyl groups excluding tert-OH is 1. The van der Waals surface area contributed by atoms with Crippen LogP contribution in [0.4, 0.5) is 5.69 Å². The Morgan fingerprint density at radius 3 is 2.89 bits per heavy atom. The first kappa shape index (κ1) is 12.7. The van der Waals surface area contributed by atoms with E-state index in [1.807, 2.05) is 0 Å². The second-order valence-electron chi connectivity index (χ2n) is 4.54. The van der Waals surface area contributed by atoms with Gasteiger partial charge in [-0.3, -0.25) is 4.79 Å². The summed E-state index contributed by atoms with van der Waals surface area (Å²) in [5, 5.41) is 12.2. The van der Waals surface area contributed by atoms with E-state index in [-0.39, 0.29) is 19.1 Å². The van der Waals surface area contributed by atoms with Crippen LogP contribution in [0.5, 0.6) is 5.75 Å². The molecule has 1 atom stereocenters. The third kappa shape index (κ3) is 3.63. The number of nitrogen functional groups attached to an aromatic ring is 1. The molecule has 1 fully saturated rings. The molecule has 0 spiro atoms. The van der Waals surface area contributed by atoms with Crippen LogP contribution < -0.4 is 15.8 Å². The maximum atomic E-state index is 11.5. The number of anilines is 1. The average molecular weight is 250 g/mol. The molecule has 98 valence electrons.